The number of nitrogens with zero attached hydrogens (tertiary/aromatic N) is 1. The molecule has 0 aromatic carbocycles. The summed E-state index contributed by atoms with van der Waals surface area (Å²) in [6.07, 6.45) is 0.888. The Labute approximate surface area is 85.7 Å². The largest absolute Gasteiger partial charge is 0.386 e. The van der Waals surface area contributed by atoms with Crippen molar-refractivity contribution in [2.24, 2.45) is 5.73 Å². The van der Waals surface area contributed by atoms with E-state index in [0.29, 0.717) is 10.7 Å². The summed E-state index contributed by atoms with van der Waals surface area (Å²) in [5, 5.41) is 10.0. The van der Waals surface area contributed by atoms with Crippen LogP contribution >= 0.6 is 11.6 Å². The highest BCUT2D eigenvalue weighted by Gasteiger charge is 2.09. The Morgan fingerprint density at radius 1 is 1.57 bits per heavy atom. The highest BCUT2D eigenvalue weighted by molar-refractivity contribution is 6.31. The summed E-state index contributed by atoms with van der Waals surface area (Å²) in [6.45, 7) is 0.181. The van der Waals surface area contributed by atoms with E-state index in [9.17, 15) is 5.11 Å². The molecule has 0 aliphatic carbocycles. The van der Waals surface area contributed by atoms with Crippen molar-refractivity contribution in [1.82, 2.24) is 9.97 Å². The lowest BCUT2D eigenvalue weighted by Gasteiger charge is -2.02. The summed E-state index contributed by atoms with van der Waals surface area (Å²) in [7, 11) is 0. The molecule has 5 heteroatoms. The molecule has 74 valence electrons. The number of nitrogens with one attached hydrogen (secondary N) is 1. The van der Waals surface area contributed by atoms with Gasteiger partial charge in [-0.2, -0.15) is 0 Å². The Kier molecular flexibility index (Phi) is 2.41. The van der Waals surface area contributed by atoms with Crippen LogP contribution in [0.15, 0.2) is 18.3 Å². The summed E-state index contributed by atoms with van der Waals surface area (Å²) in [5.41, 5.74) is 7.58. The molecule has 2 heterocycles. The minimum atomic E-state index is -0.678. The molecule has 2 rings (SSSR count). The lowest BCUT2D eigenvalue weighted by atomic mass is 10.2. The molecular weight excluding hydrogens is 202 g/mol. The maximum absolute atomic E-state index is 9.48. The topological polar surface area (TPSA) is 74.9 Å². The van der Waals surface area contributed by atoms with Crippen LogP contribution in [0.25, 0.3) is 11.0 Å². The highest BCUT2D eigenvalue weighted by Crippen LogP contribution is 2.20. The molecule has 0 radical (unpaired) electrons. The van der Waals surface area contributed by atoms with Crippen LogP contribution in [-0.4, -0.2) is 21.6 Å². The van der Waals surface area contributed by atoms with Gasteiger partial charge in [-0.25, -0.2) is 0 Å². The van der Waals surface area contributed by atoms with Crippen molar-refractivity contribution in [2.75, 3.05) is 6.54 Å². The van der Waals surface area contributed by atoms with Gasteiger partial charge in [0.15, 0.2) is 0 Å². The van der Waals surface area contributed by atoms with Crippen LogP contribution in [0.3, 0.4) is 0 Å². The molecule has 0 aliphatic rings. The van der Waals surface area contributed by atoms with E-state index in [0.717, 1.165) is 11.0 Å². The first-order valence-electron chi connectivity index (χ1n) is 4.23. The predicted molar refractivity (Wildman–Crippen MR) is 55.1 cm³/mol. The van der Waals surface area contributed by atoms with Gasteiger partial charge < -0.3 is 15.8 Å². The lowest BCUT2D eigenvalue weighted by Crippen LogP contribution is -2.11. The fourth-order valence-corrected chi connectivity index (χ4v) is 1.47. The van der Waals surface area contributed by atoms with E-state index in [1.165, 1.54) is 0 Å². The van der Waals surface area contributed by atoms with Gasteiger partial charge >= 0.3 is 0 Å². The Bertz CT molecular complexity index is 454. The number of fused-ring (bicyclic) bond motifs is 1. The van der Waals surface area contributed by atoms with Gasteiger partial charge in [0.1, 0.15) is 6.10 Å². The summed E-state index contributed by atoms with van der Waals surface area (Å²) < 4.78 is 0. The minimum absolute atomic E-state index is 0.181. The number of hydrogen-bond donors (Lipinski definition) is 3. The number of nitrogens with two attached hydrogens (primary N) is 1. The third-order valence-electron chi connectivity index (χ3n) is 2.04. The number of aliphatic hydroxyl groups is 1. The molecular formula is C9H10ClN3O. The van der Waals surface area contributed by atoms with Crippen molar-refractivity contribution < 1.29 is 5.11 Å². The molecule has 14 heavy (non-hydrogen) atoms. The first-order valence-corrected chi connectivity index (χ1v) is 4.61. The van der Waals surface area contributed by atoms with Gasteiger partial charge in [0.25, 0.3) is 0 Å². The smallest absolute Gasteiger partial charge is 0.106 e. The Hall–Kier alpha value is -1.10. The third-order valence-corrected chi connectivity index (χ3v) is 2.25. The number of H-pyrrole nitrogens is 1. The van der Waals surface area contributed by atoms with E-state index in [2.05, 4.69) is 9.97 Å². The van der Waals surface area contributed by atoms with E-state index >= 15 is 0 Å². The molecule has 4 N–H and O–H groups in total. The van der Waals surface area contributed by atoms with E-state index in [1.54, 1.807) is 18.3 Å². The number of hydrogen-bond acceptors (Lipinski definition) is 3. The van der Waals surface area contributed by atoms with Crippen molar-refractivity contribution in [3.05, 3.63) is 29.0 Å². The maximum atomic E-state index is 9.48. The van der Waals surface area contributed by atoms with Gasteiger partial charge in [0, 0.05) is 18.4 Å². The van der Waals surface area contributed by atoms with Crippen molar-refractivity contribution in [1.29, 1.82) is 0 Å². The average Bonchev–Trinajstić information content (AvgIpc) is 2.59. The van der Waals surface area contributed by atoms with Crippen LogP contribution in [0.4, 0.5) is 0 Å². The van der Waals surface area contributed by atoms with Gasteiger partial charge in [-0.1, -0.05) is 11.6 Å². The molecule has 4 nitrogen and oxygen atoms in total. The normalized spacial score (nSPS) is 13.4. The number of pyridine rings is 1. The molecule has 0 saturated carbocycles. The first-order chi connectivity index (χ1) is 6.70. The second kappa shape index (κ2) is 3.57. The lowest BCUT2D eigenvalue weighted by molar-refractivity contribution is 0.183. The molecule has 0 fully saturated rings. The summed E-state index contributed by atoms with van der Waals surface area (Å²) in [4.78, 5) is 7.11. The zero-order valence-corrected chi connectivity index (χ0v) is 8.12. The van der Waals surface area contributed by atoms with Crippen LogP contribution in [-0.2, 0) is 0 Å². The SMILES string of the molecule is NCC(O)c1cc2ncc(Cl)cc2[nH]1. The van der Waals surface area contributed by atoms with Crippen molar-refractivity contribution in [3.63, 3.8) is 0 Å². The van der Waals surface area contributed by atoms with Crippen molar-refractivity contribution in [3.8, 4) is 0 Å². The van der Waals surface area contributed by atoms with E-state index in [4.69, 9.17) is 17.3 Å². The molecule has 0 saturated heterocycles. The molecule has 0 aliphatic heterocycles. The fraction of sp³-hybridized carbons (Fsp3) is 0.222. The molecule has 0 bridgehead atoms. The van der Waals surface area contributed by atoms with Gasteiger partial charge in [0.2, 0.25) is 0 Å². The Morgan fingerprint density at radius 3 is 3.07 bits per heavy atom. The standard InChI is InChI=1S/C9H10ClN3O/c10-5-1-7-6(12-4-5)2-8(13-7)9(14)3-11/h1-2,4,9,13-14H,3,11H2. The van der Waals surface area contributed by atoms with Crippen molar-refractivity contribution >= 4 is 22.6 Å². The second-order valence-electron chi connectivity index (χ2n) is 3.06. The molecule has 2 aromatic heterocycles. The number of rotatable bonds is 2. The van der Waals surface area contributed by atoms with Crippen molar-refractivity contribution in [2.45, 2.75) is 6.10 Å². The molecule has 0 amide bonds. The van der Waals surface area contributed by atoms with E-state index in [-0.39, 0.29) is 6.54 Å². The fourth-order valence-electron chi connectivity index (χ4n) is 1.31. The predicted octanol–water partition coefficient (Wildman–Crippen LogP) is 1.21. The number of aliphatic hydroxyl groups excluding tert-OH is 1. The van der Waals surface area contributed by atoms with Crippen LogP contribution in [0.1, 0.15) is 11.8 Å². The number of aromatic amines is 1. The average molecular weight is 212 g/mol. The van der Waals surface area contributed by atoms with Gasteiger partial charge in [-0.15, -0.1) is 0 Å². The highest BCUT2D eigenvalue weighted by atomic mass is 35.5. The van der Waals surface area contributed by atoms with Crippen LogP contribution in [0, 0.1) is 0 Å². The zero-order chi connectivity index (χ0) is 10.1. The molecule has 2 aromatic rings. The van der Waals surface area contributed by atoms with E-state index in [1.807, 2.05) is 0 Å². The number of halogens is 1. The summed E-state index contributed by atoms with van der Waals surface area (Å²) in [5.74, 6) is 0. The van der Waals surface area contributed by atoms with Gasteiger partial charge in [-0.05, 0) is 12.1 Å². The zero-order valence-electron chi connectivity index (χ0n) is 7.37. The van der Waals surface area contributed by atoms with Gasteiger partial charge in [0.05, 0.1) is 16.1 Å². The maximum Gasteiger partial charge on any atom is 0.106 e. The first kappa shape index (κ1) is 9.45. The summed E-state index contributed by atoms with van der Waals surface area (Å²) in [6, 6.07) is 3.53. The quantitative estimate of drug-likeness (QED) is 0.699. The monoisotopic (exact) mass is 211 g/mol. The Balaban J connectivity index is 2.51. The van der Waals surface area contributed by atoms with Crippen LogP contribution in [0.5, 0.6) is 0 Å². The van der Waals surface area contributed by atoms with E-state index < -0.39 is 6.10 Å². The Morgan fingerprint density at radius 2 is 2.36 bits per heavy atom. The summed E-state index contributed by atoms with van der Waals surface area (Å²) >= 11 is 5.77. The number of aromatic nitrogens is 2. The molecule has 1 atom stereocenters. The van der Waals surface area contributed by atoms with Gasteiger partial charge in [-0.3, -0.25) is 4.98 Å². The third kappa shape index (κ3) is 1.59. The second-order valence-corrected chi connectivity index (χ2v) is 3.50. The molecule has 0 spiro atoms. The van der Waals surface area contributed by atoms with Crippen LogP contribution < -0.4 is 5.73 Å². The van der Waals surface area contributed by atoms with Crippen LogP contribution in [0.2, 0.25) is 5.02 Å². The minimum Gasteiger partial charge on any atom is -0.386 e. The molecule has 1 unspecified atom stereocenters.